The molecule has 24 heavy (non-hydrogen) atoms. The SMILES string of the molecule is COCCN(CCCCCCN(CC1CO1)CC1CO1)CC1CO1. The van der Waals surface area contributed by atoms with Gasteiger partial charge >= 0.3 is 0 Å². The Labute approximate surface area is 146 Å². The Kier molecular flexibility index (Phi) is 7.76. The molecule has 0 aromatic heterocycles. The molecule has 140 valence electrons. The number of nitrogens with zero attached hydrogens (tertiary/aromatic N) is 2. The molecule has 0 amide bonds. The molecule has 0 aromatic carbocycles. The lowest BCUT2D eigenvalue weighted by Gasteiger charge is -2.22. The maximum atomic E-state index is 5.37. The molecule has 0 aliphatic carbocycles. The summed E-state index contributed by atoms with van der Waals surface area (Å²) in [5.74, 6) is 0. The van der Waals surface area contributed by atoms with E-state index >= 15 is 0 Å². The van der Waals surface area contributed by atoms with Gasteiger partial charge in [0.2, 0.25) is 0 Å². The Balaban J connectivity index is 1.20. The normalized spacial score (nSPS) is 27.9. The molecule has 3 atom stereocenters. The first-order chi connectivity index (χ1) is 11.8. The number of hydrogen-bond acceptors (Lipinski definition) is 6. The van der Waals surface area contributed by atoms with Crippen LogP contribution in [0.3, 0.4) is 0 Å². The van der Waals surface area contributed by atoms with Crippen molar-refractivity contribution >= 4 is 0 Å². The Hall–Kier alpha value is -0.240. The zero-order chi connectivity index (χ0) is 16.6. The van der Waals surface area contributed by atoms with Gasteiger partial charge in [-0.15, -0.1) is 0 Å². The fourth-order valence-corrected chi connectivity index (χ4v) is 3.18. The van der Waals surface area contributed by atoms with Crippen molar-refractivity contribution in [3.8, 4) is 0 Å². The van der Waals surface area contributed by atoms with Crippen molar-refractivity contribution in [3.05, 3.63) is 0 Å². The van der Waals surface area contributed by atoms with Crippen LogP contribution in [0.5, 0.6) is 0 Å². The summed E-state index contributed by atoms with van der Waals surface area (Å²) in [6.45, 7) is 10.3. The van der Waals surface area contributed by atoms with Crippen LogP contribution in [-0.2, 0) is 18.9 Å². The Morgan fingerprint density at radius 2 is 1.17 bits per heavy atom. The van der Waals surface area contributed by atoms with Crippen LogP contribution in [0.2, 0.25) is 0 Å². The van der Waals surface area contributed by atoms with Gasteiger partial charge in [-0.05, 0) is 25.9 Å². The molecule has 3 aliphatic rings. The van der Waals surface area contributed by atoms with E-state index in [1.807, 2.05) is 0 Å². The van der Waals surface area contributed by atoms with Gasteiger partial charge in [0.05, 0.1) is 44.7 Å². The van der Waals surface area contributed by atoms with E-state index in [4.69, 9.17) is 18.9 Å². The molecule has 0 N–H and O–H groups in total. The van der Waals surface area contributed by atoms with Gasteiger partial charge in [0, 0.05) is 33.3 Å². The summed E-state index contributed by atoms with van der Waals surface area (Å²) in [7, 11) is 1.77. The molecule has 0 aromatic rings. The lowest BCUT2D eigenvalue weighted by molar-refractivity contribution is 0.140. The molecule has 3 fully saturated rings. The van der Waals surface area contributed by atoms with E-state index in [-0.39, 0.29) is 0 Å². The van der Waals surface area contributed by atoms with Crippen molar-refractivity contribution in [1.29, 1.82) is 0 Å². The topological polar surface area (TPSA) is 53.3 Å². The van der Waals surface area contributed by atoms with Crippen molar-refractivity contribution in [1.82, 2.24) is 9.80 Å². The highest BCUT2D eigenvalue weighted by molar-refractivity contribution is 4.80. The van der Waals surface area contributed by atoms with Crippen molar-refractivity contribution in [3.63, 3.8) is 0 Å². The molecular weight excluding hydrogens is 308 g/mol. The third-order valence-corrected chi connectivity index (χ3v) is 4.90. The lowest BCUT2D eigenvalue weighted by Crippen LogP contribution is -2.33. The van der Waals surface area contributed by atoms with E-state index in [9.17, 15) is 0 Å². The fourth-order valence-electron chi connectivity index (χ4n) is 3.18. The molecule has 0 bridgehead atoms. The van der Waals surface area contributed by atoms with E-state index in [1.165, 1.54) is 38.8 Å². The average molecular weight is 342 g/mol. The van der Waals surface area contributed by atoms with Crippen LogP contribution in [0.25, 0.3) is 0 Å². The quantitative estimate of drug-likeness (QED) is 0.308. The predicted molar refractivity (Wildman–Crippen MR) is 92.4 cm³/mol. The number of ether oxygens (including phenoxy) is 4. The van der Waals surface area contributed by atoms with E-state index in [1.54, 1.807) is 7.11 Å². The van der Waals surface area contributed by atoms with Crippen LogP contribution in [0.4, 0.5) is 0 Å². The highest BCUT2D eigenvalue weighted by atomic mass is 16.6. The zero-order valence-electron chi connectivity index (χ0n) is 15.2. The summed E-state index contributed by atoms with van der Waals surface area (Å²) in [5, 5.41) is 0. The standard InChI is InChI=1S/C18H34N2O4/c1-21-9-8-19(10-16-13-22-16)6-4-2-3-5-7-20(11-17-14-23-17)12-18-15-24-18/h16-18H,2-15H2,1H3. The van der Waals surface area contributed by atoms with Crippen molar-refractivity contribution in [2.24, 2.45) is 0 Å². The fraction of sp³-hybridized carbons (Fsp3) is 1.00. The first kappa shape index (κ1) is 18.5. The molecule has 3 rings (SSSR count). The maximum absolute atomic E-state index is 5.37. The van der Waals surface area contributed by atoms with E-state index in [0.717, 1.165) is 52.6 Å². The molecule has 3 heterocycles. The predicted octanol–water partition coefficient (Wildman–Crippen LogP) is 0.994. The first-order valence-electron chi connectivity index (χ1n) is 9.62. The summed E-state index contributed by atoms with van der Waals surface area (Å²) in [5.41, 5.74) is 0. The van der Waals surface area contributed by atoms with Gasteiger partial charge in [0.25, 0.3) is 0 Å². The zero-order valence-corrected chi connectivity index (χ0v) is 15.2. The number of epoxide rings is 3. The second-order valence-corrected chi connectivity index (χ2v) is 7.33. The van der Waals surface area contributed by atoms with Crippen LogP contribution in [0.1, 0.15) is 25.7 Å². The largest absolute Gasteiger partial charge is 0.383 e. The Morgan fingerprint density at radius 3 is 1.62 bits per heavy atom. The smallest absolute Gasteiger partial charge is 0.0936 e. The average Bonchev–Trinajstić information content (AvgIpc) is 3.42. The minimum Gasteiger partial charge on any atom is -0.383 e. The van der Waals surface area contributed by atoms with E-state index < -0.39 is 0 Å². The maximum Gasteiger partial charge on any atom is 0.0936 e. The van der Waals surface area contributed by atoms with Gasteiger partial charge in [-0.1, -0.05) is 12.8 Å². The minimum atomic E-state index is 0.477. The number of methoxy groups -OCH3 is 1. The molecule has 3 unspecified atom stereocenters. The molecule has 3 saturated heterocycles. The Morgan fingerprint density at radius 1 is 0.708 bits per heavy atom. The van der Waals surface area contributed by atoms with Gasteiger partial charge in [-0.2, -0.15) is 0 Å². The van der Waals surface area contributed by atoms with E-state index in [2.05, 4.69) is 9.80 Å². The highest BCUT2D eigenvalue weighted by Gasteiger charge is 2.30. The first-order valence-corrected chi connectivity index (χ1v) is 9.62. The van der Waals surface area contributed by atoms with Gasteiger partial charge in [0.1, 0.15) is 0 Å². The van der Waals surface area contributed by atoms with Crippen LogP contribution in [-0.4, -0.2) is 101 Å². The summed E-state index contributed by atoms with van der Waals surface area (Å²) in [6.07, 6.45) is 6.63. The third-order valence-electron chi connectivity index (χ3n) is 4.90. The number of hydrogen-bond donors (Lipinski definition) is 0. The second kappa shape index (κ2) is 10.0. The monoisotopic (exact) mass is 342 g/mol. The van der Waals surface area contributed by atoms with Crippen molar-refractivity contribution in [2.75, 3.05) is 72.8 Å². The van der Waals surface area contributed by atoms with Crippen molar-refractivity contribution < 1.29 is 18.9 Å². The molecule has 6 heteroatoms. The van der Waals surface area contributed by atoms with Crippen LogP contribution in [0, 0.1) is 0 Å². The molecule has 6 nitrogen and oxygen atoms in total. The molecular formula is C18H34N2O4. The van der Waals surface area contributed by atoms with Gasteiger partial charge in [-0.3, -0.25) is 9.80 Å². The van der Waals surface area contributed by atoms with Gasteiger partial charge in [0.15, 0.2) is 0 Å². The third kappa shape index (κ3) is 8.23. The summed E-state index contributed by atoms with van der Waals surface area (Å²) in [4.78, 5) is 5.02. The molecule has 0 spiro atoms. The molecule has 0 radical (unpaired) electrons. The van der Waals surface area contributed by atoms with Crippen molar-refractivity contribution in [2.45, 2.75) is 44.0 Å². The number of unbranched alkanes of at least 4 members (excludes halogenated alkanes) is 3. The van der Waals surface area contributed by atoms with Crippen LogP contribution < -0.4 is 0 Å². The summed E-state index contributed by atoms with van der Waals surface area (Å²) >= 11 is 0. The Bertz CT molecular complexity index is 332. The van der Waals surface area contributed by atoms with Crippen LogP contribution >= 0.6 is 0 Å². The summed E-state index contributed by atoms with van der Waals surface area (Å²) < 4.78 is 21.3. The second-order valence-electron chi connectivity index (χ2n) is 7.33. The van der Waals surface area contributed by atoms with E-state index in [0.29, 0.717) is 18.3 Å². The molecule has 3 aliphatic heterocycles. The number of rotatable bonds is 16. The highest BCUT2D eigenvalue weighted by Crippen LogP contribution is 2.17. The summed E-state index contributed by atoms with van der Waals surface area (Å²) in [6, 6.07) is 0. The lowest BCUT2D eigenvalue weighted by atomic mass is 10.1. The molecule has 0 saturated carbocycles. The minimum absolute atomic E-state index is 0.477. The van der Waals surface area contributed by atoms with Crippen LogP contribution in [0.15, 0.2) is 0 Å². The van der Waals surface area contributed by atoms with Gasteiger partial charge in [-0.25, -0.2) is 0 Å². The van der Waals surface area contributed by atoms with Gasteiger partial charge < -0.3 is 18.9 Å².